The van der Waals surface area contributed by atoms with Gasteiger partial charge in [0.25, 0.3) is 5.56 Å². The normalized spacial score (nSPS) is 10.4. The number of nitrogens with zero attached hydrogens (tertiary/aromatic N) is 5. The summed E-state index contributed by atoms with van der Waals surface area (Å²) in [6, 6.07) is 6.30. The molecule has 1 amide bonds. The molecule has 35 heavy (non-hydrogen) atoms. The molecule has 1 aromatic carbocycles. The van der Waals surface area contributed by atoms with Crippen LogP contribution >= 0.6 is 11.8 Å². The zero-order valence-electron chi connectivity index (χ0n) is 20.7. The van der Waals surface area contributed by atoms with E-state index >= 15 is 0 Å². The maximum Gasteiger partial charge on any atom is 0.277 e. The summed E-state index contributed by atoms with van der Waals surface area (Å²) in [5.41, 5.74) is 2.18. The Balaban J connectivity index is 0.000000334. The topological polar surface area (TPSA) is 81.0 Å². The van der Waals surface area contributed by atoms with Gasteiger partial charge in [-0.3, -0.25) is 9.59 Å². The van der Waals surface area contributed by atoms with Gasteiger partial charge in [0, 0.05) is 56.5 Å². The molecule has 0 unspecified atom stereocenters. The van der Waals surface area contributed by atoms with Crippen molar-refractivity contribution in [1.82, 2.24) is 24.4 Å². The average molecular weight is 500 g/mol. The molecule has 0 aliphatic heterocycles. The summed E-state index contributed by atoms with van der Waals surface area (Å²) in [6.07, 6.45) is 12.6. The van der Waals surface area contributed by atoms with E-state index in [1.165, 1.54) is 30.2 Å². The van der Waals surface area contributed by atoms with E-state index < -0.39 is 0 Å². The van der Waals surface area contributed by atoms with Gasteiger partial charge in [-0.15, -0.1) is 0 Å². The molecule has 0 aliphatic carbocycles. The molecule has 188 valence electrons. The van der Waals surface area contributed by atoms with Crippen LogP contribution in [0.25, 0.3) is 0 Å². The van der Waals surface area contributed by atoms with Gasteiger partial charge in [0.2, 0.25) is 6.41 Å². The van der Waals surface area contributed by atoms with Gasteiger partial charge < -0.3 is 9.47 Å². The molecule has 0 bridgehead atoms. The van der Waals surface area contributed by atoms with Crippen LogP contribution in [0, 0.1) is 5.82 Å². The Morgan fingerprint density at radius 3 is 2.23 bits per heavy atom. The van der Waals surface area contributed by atoms with Crippen molar-refractivity contribution in [2.75, 3.05) is 13.1 Å². The van der Waals surface area contributed by atoms with Crippen molar-refractivity contribution in [2.45, 2.75) is 56.9 Å². The molecule has 9 heteroatoms. The Kier molecular flexibility index (Phi) is 12.7. The lowest BCUT2D eigenvalue weighted by Crippen LogP contribution is -2.24. The largest absolute Gasteiger partial charge is 0.345 e. The van der Waals surface area contributed by atoms with Gasteiger partial charge in [0.05, 0.1) is 0 Å². The van der Waals surface area contributed by atoms with Gasteiger partial charge in [0.1, 0.15) is 12.1 Å². The third-order valence-electron chi connectivity index (χ3n) is 5.16. The Labute approximate surface area is 210 Å². The number of rotatable bonds is 12. The first-order valence-electron chi connectivity index (χ1n) is 11.8. The molecule has 0 aliphatic rings. The van der Waals surface area contributed by atoms with E-state index in [4.69, 9.17) is 0 Å². The zero-order chi connectivity index (χ0) is 25.5. The van der Waals surface area contributed by atoms with Gasteiger partial charge in [-0.05, 0) is 36.1 Å². The lowest BCUT2D eigenvalue weighted by Gasteiger charge is -2.15. The number of amides is 1. The lowest BCUT2D eigenvalue weighted by atomic mass is 10.1. The smallest absolute Gasteiger partial charge is 0.277 e. The van der Waals surface area contributed by atoms with E-state index in [0.717, 1.165) is 56.3 Å². The minimum Gasteiger partial charge on any atom is -0.345 e. The molecule has 0 saturated carbocycles. The standard InChI is InChI=1S/C17H15FN4OS.C9H19NO/c1-22-9-14(6-13-7-19-11-20-8-13)16(23)21-17(22)24-10-12-2-4-15(18)5-3-12;1-3-5-7-10(9-11)8-6-4-2/h2-5,7-9,11H,6,10H2,1H3;9H,3-8H2,1-2H3. The van der Waals surface area contributed by atoms with Crippen LogP contribution in [0.1, 0.15) is 56.2 Å². The number of hydrogen-bond acceptors (Lipinski definition) is 6. The van der Waals surface area contributed by atoms with E-state index in [1.54, 1.807) is 30.7 Å². The zero-order valence-corrected chi connectivity index (χ0v) is 21.5. The van der Waals surface area contributed by atoms with Crippen LogP contribution in [0.5, 0.6) is 0 Å². The van der Waals surface area contributed by atoms with E-state index in [9.17, 15) is 14.0 Å². The Morgan fingerprint density at radius 1 is 1.03 bits per heavy atom. The van der Waals surface area contributed by atoms with Crippen LogP contribution in [0.4, 0.5) is 4.39 Å². The van der Waals surface area contributed by atoms with Gasteiger partial charge in [-0.2, -0.15) is 4.98 Å². The SMILES string of the molecule is CCCCN(C=O)CCCC.Cn1cc(Cc2cncnc2)c(=O)nc1SCc1ccc(F)cc1. The van der Waals surface area contributed by atoms with Gasteiger partial charge in [0.15, 0.2) is 5.16 Å². The molecule has 0 saturated heterocycles. The molecule has 0 atom stereocenters. The van der Waals surface area contributed by atoms with Crippen molar-refractivity contribution in [2.24, 2.45) is 7.05 Å². The Morgan fingerprint density at radius 2 is 1.66 bits per heavy atom. The number of hydrogen-bond donors (Lipinski definition) is 0. The maximum atomic E-state index is 12.9. The number of unbranched alkanes of at least 4 members (excludes halogenated alkanes) is 2. The quantitative estimate of drug-likeness (QED) is 0.205. The summed E-state index contributed by atoms with van der Waals surface area (Å²) in [4.78, 5) is 36.6. The second-order valence-corrected chi connectivity index (χ2v) is 9.09. The molecule has 2 heterocycles. The lowest BCUT2D eigenvalue weighted by molar-refractivity contribution is -0.118. The fourth-order valence-electron chi connectivity index (χ4n) is 3.15. The second-order valence-electron chi connectivity index (χ2n) is 8.15. The monoisotopic (exact) mass is 499 g/mol. The number of thioether (sulfide) groups is 1. The Hall–Kier alpha value is -3.07. The number of carbonyl (C=O) groups excluding carboxylic acids is 1. The molecular formula is C26H34FN5O2S. The predicted molar refractivity (Wildman–Crippen MR) is 138 cm³/mol. The summed E-state index contributed by atoms with van der Waals surface area (Å²) >= 11 is 1.44. The van der Waals surface area contributed by atoms with Crippen LogP contribution in [-0.2, 0) is 24.0 Å². The van der Waals surface area contributed by atoms with Crippen LogP contribution in [0.2, 0.25) is 0 Å². The summed E-state index contributed by atoms with van der Waals surface area (Å²) in [5.74, 6) is 0.357. The highest BCUT2D eigenvalue weighted by molar-refractivity contribution is 7.98. The number of carbonyl (C=O) groups is 1. The van der Waals surface area contributed by atoms with Gasteiger partial charge in [-0.25, -0.2) is 14.4 Å². The van der Waals surface area contributed by atoms with Crippen molar-refractivity contribution >= 4 is 18.2 Å². The van der Waals surface area contributed by atoms with Crippen LogP contribution in [0.15, 0.2) is 59.1 Å². The van der Waals surface area contributed by atoms with E-state index in [1.807, 2.05) is 16.5 Å². The van der Waals surface area contributed by atoms with Crippen LogP contribution in [0.3, 0.4) is 0 Å². The minimum absolute atomic E-state index is 0.251. The minimum atomic E-state index is -0.261. The Bertz CT molecular complexity index is 1070. The third-order valence-corrected chi connectivity index (χ3v) is 6.27. The van der Waals surface area contributed by atoms with Crippen molar-refractivity contribution in [1.29, 1.82) is 0 Å². The molecule has 7 nitrogen and oxygen atoms in total. The first kappa shape index (κ1) is 28.2. The highest BCUT2D eigenvalue weighted by Crippen LogP contribution is 2.20. The van der Waals surface area contributed by atoms with Crippen molar-refractivity contribution < 1.29 is 9.18 Å². The molecular weight excluding hydrogens is 465 g/mol. The fraction of sp³-hybridized carbons (Fsp3) is 0.423. The molecule has 3 aromatic rings. The predicted octanol–water partition coefficient (Wildman–Crippen LogP) is 4.64. The van der Waals surface area contributed by atoms with E-state index in [-0.39, 0.29) is 11.4 Å². The highest BCUT2D eigenvalue weighted by Gasteiger charge is 2.09. The second kappa shape index (κ2) is 15.8. The van der Waals surface area contributed by atoms with Crippen LogP contribution < -0.4 is 5.56 Å². The summed E-state index contributed by atoms with van der Waals surface area (Å²) < 4.78 is 14.7. The average Bonchev–Trinajstić information content (AvgIpc) is 2.87. The van der Waals surface area contributed by atoms with Gasteiger partial charge in [-0.1, -0.05) is 50.6 Å². The van der Waals surface area contributed by atoms with Crippen molar-refractivity contribution in [3.8, 4) is 0 Å². The van der Waals surface area contributed by atoms with Crippen molar-refractivity contribution in [3.63, 3.8) is 0 Å². The number of benzene rings is 1. The number of aryl methyl sites for hydroxylation is 1. The maximum absolute atomic E-state index is 12.9. The fourth-order valence-corrected chi connectivity index (χ4v) is 4.04. The first-order valence-corrected chi connectivity index (χ1v) is 12.8. The molecule has 0 radical (unpaired) electrons. The number of halogens is 1. The van der Waals surface area contributed by atoms with Gasteiger partial charge >= 0.3 is 0 Å². The molecule has 0 N–H and O–H groups in total. The highest BCUT2D eigenvalue weighted by atomic mass is 32.2. The molecule has 3 rings (SSSR count). The molecule has 0 spiro atoms. The van der Waals surface area contributed by atoms with E-state index in [2.05, 4.69) is 28.8 Å². The molecule has 2 aromatic heterocycles. The van der Waals surface area contributed by atoms with Crippen LogP contribution in [-0.4, -0.2) is 43.9 Å². The third kappa shape index (κ3) is 10.4. The summed E-state index contributed by atoms with van der Waals surface area (Å²) in [6.45, 7) is 6.14. The van der Waals surface area contributed by atoms with E-state index in [0.29, 0.717) is 22.9 Å². The molecule has 0 fully saturated rings. The summed E-state index contributed by atoms with van der Waals surface area (Å²) in [7, 11) is 1.85. The number of aromatic nitrogens is 4. The van der Waals surface area contributed by atoms with Crippen molar-refractivity contribution in [3.05, 3.63) is 82.0 Å². The summed E-state index contributed by atoms with van der Waals surface area (Å²) in [5, 5.41) is 0.623. The first-order chi connectivity index (χ1) is 17.0.